The molecule has 2 N–H and O–H groups in total. The van der Waals surface area contributed by atoms with Crippen LogP contribution in [0.2, 0.25) is 0 Å². The van der Waals surface area contributed by atoms with Crippen LogP contribution in [0.25, 0.3) is 0 Å². The van der Waals surface area contributed by atoms with Gasteiger partial charge in [0.2, 0.25) is 0 Å². The van der Waals surface area contributed by atoms with E-state index in [9.17, 15) is 9.59 Å². The van der Waals surface area contributed by atoms with Gasteiger partial charge in [-0.1, -0.05) is 6.92 Å². The number of benzene rings is 1. The van der Waals surface area contributed by atoms with Crippen LogP contribution >= 0.6 is 15.9 Å². The van der Waals surface area contributed by atoms with Gasteiger partial charge in [0.15, 0.2) is 0 Å². The molecular formula is C14H19BrN2O4. The van der Waals surface area contributed by atoms with Crippen molar-refractivity contribution < 1.29 is 19.1 Å². The highest BCUT2D eigenvalue weighted by molar-refractivity contribution is 9.10. The maximum Gasteiger partial charge on any atom is 0.269 e. The second-order valence-electron chi connectivity index (χ2n) is 4.13. The molecule has 0 spiro atoms. The van der Waals surface area contributed by atoms with Gasteiger partial charge in [-0.25, -0.2) is 0 Å². The number of hydrogen-bond donors (Lipinski definition) is 2. The van der Waals surface area contributed by atoms with Crippen molar-refractivity contribution in [3.8, 4) is 5.75 Å². The molecule has 1 aromatic rings. The Morgan fingerprint density at radius 1 is 1.24 bits per heavy atom. The first-order chi connectivity index (χ1) is 10.1. The van der Waals surface area contributed by atoms with Crippen molar-refractivity contribution in [3.63, 3.8) is 0 Å². The monoisotopic (exact) mass is 358 g/mol. The van der Waals surface area contributed by atoms with Gasteiger partial charge in [-0.3, -0.25) is 20.4 Å². The summed E-state index contributed by atoms with van der Waals surface area (Å²) in [5.74, 6) is -0.150. The van der Waals surface area contributed by atoms with E-state index in [0.717, 1.165) is 6.42 Å². The highest BCUT2D eigenvalue weighted by atomic mass is 79.9. The molecule has 0 fully saturated rings. The highest BCUT2D eigenvalue weighted by Gasteiger charge is 2.10. The topological polar surface area (TPSA) is 76.7 Å². The summed E-state index contributed by atoms with van der Waals surface area (Å²) in [6.45, 7) is 4.75. The zero-order valence-corrected chi connectivity index (χ0v) is 13.7. The first-order valence-electron chi connectivity index (χ1n) is 6.67. The van der Waals surface area contributed by atoms with Crippen molar-refractivity contribution in [2.75, 3.05) is 19.8 Å². The molecule has 1 aromatic carbocycles. The van der Waals surface area contributed by atoms with E-state index >= 15 is 0 Å². The zero-order valence-electron chi connectivity index (χ0n) is 12.1. The number of carbonyl (C=O) groups is 2. The van der Waals surface area contributed by atoms with Gasteiger partial charge < -0.3 is 9.47 Å². The quantitative estimate of drug-likeness (QED) is 0.731. The molecule has 0 saturated carbocycles. The first kappa shape index (κ1) is 17.5. The fourth-order valence-electron chi connectivity index (χ4n) is 1.40. The lowest BCUT2D eigenvalue weighted by atomic mass is 10.2. The molecule has 0 aliphatic carbocycles. The minimum Gasteiger partial charge on any atom is -0.492 e. The molecule has 0 aliphatic rings. The molecule has 7 heteroatoms. The largest absolute Gasteiger partial charge is 0.492 e. The fraction of sp³-hybridized carbons (Fsp3) is 0.429. The maximum absolute atomic E-state index is 11.9. The second-order valence-corrected chi connectivity index (χ2v) is 4.99. The van der Waals surface area contributed by atoms with E-state index < -0.39 is 11.8 Å². The first-order valence-corrected chi connectivity index (χ1v) is 7.47. The summed E-state index contributed by atoms with van der Waals surface area (Å²) in [7, 11) is 0. The van der Waals surface area contributed by atoms with E-state index in [4.69, 9.17) is 9.47 Å². The van der Waals surface area contributed by atoms with Crippen molar-refractivity contribution in [3.05, 3.63) is 28.2 Å². The molecule has 1 rings (SSSR count). The average Bonchev–Trinajstić information content (AvgIpc) is 2.49. The number of amides is 2. The van der Waals surface area contributed by atoms with E-state index in [-0.39, 0.29) is 6.61 Å². The lowest BCUT2D eigenvalue weighted by molar-refractivity contribution is -0.126. The van der Waals surface area contributed by atoms with Crippen LogP contribution in [0.3, 0.4) is 0 Å². The van der Waals surface area contributed by atoms with Crippen molar-refractivity contribution in [1.29, 1.82) is 0 Å². The lowest BCUT2D eigenvalue weighted by Crippen LogP contribution is -2.43. The number of carbonyl (C=O) groups excluding carboxylic acids is 2. The van der Waals surface area contributed by atoms with E-state index in [1.165, 1.54) is 0 Å². The summed E-state index contributed by atoms with van der Waals surface area (Å²) in [4.78, 5) is 23.2. The van der Waals surface area contributed by atoms with Gasteiger partial charge in [-0.15, -0.1) is 0 Å². The second kappa shape index (κ2) is 9.36. The molecule has 21 heavy (non-hydrogen) atoms. The summed E-state index contributed by atoms with van der Waals surface area (Å²) < 4.78 is 11.1. The standard InChI is InChI=1S/C14H19BrN2O4/c1-3-7-21-12-6-5-10(8-11(12)15)14(19)17-16-13(18)9-20-4-2/h5-6,8H,3-4,7,9H2,1-2H3,(H,16,18)(H,17,19). The molecule has 116 valence electrons. The van der Waals surface area contributed by atoms with Gasteiger partial charge in [-0.2, -0.15) is 0 Å². The Bertz CT molecular complexity index is 494. The number of hydrazine groups is 1. The summed E-state index contributed by atoms with van der Waals surface area (Å²) >= 11 is 3.35. The number of rotatable bonds is 7. The Morgan fingerprint density at radius 3 is 2.62 bits per heavy atom. The van der Waals surface area contributed by atoms with Gasteiger partial charge in [0.25, 0.3) is 11.8 Å². The van der Waals surface area contributed by atoms with Gasteiger partial charge >= 0.3 is 0 Å². The molecule has 0 radical (unpaired) electrons. The molecule has 0 atom stereocenters. The van der Waals surface area contributed by atoms with Crippen LogP contribution in [0.5, 0.6) is 5.75 Å². The zero-order chi connectivity index (χ0) is 15.7. The molecular weight excluding hydrogens is 340 g/mol. The van der Waals surface area contributed by atoms with Crippen LogP contribution < -0.4 is 15.6 Å². The maximum atomic E-state index is 11.9. The Balaban J connectivity index is 2.54. The van der Waals surface area contributed by atoms with Gasteiger partial charge in [0.1, 0.15) is 12.4 Å². The fourth-order valence-corrected chi connectivity index (χ4v) is 1.89. The minimum absolute atomic E-state index is 0.0930. The summed E-state index contributed by atoms with van der Waals surface area (Å²) in [6.07, 6.45) is 0.903. The normalized spacial score (nSPS) is 10.0. The summed E-state index contributed by atoms with van der Waals surface area (Å²) in [5.41, 5.74) is 5.00. The Kier molecular flexibility index (Phi) is 7.78. The third-order valence-electron chi connectivity index (χ3n) is 2.41. The van der Waals surface area contributed by atoms with Crippen LogP contribution in [-0.4, -0.2) is 31.6 Å². The van der Waals surface area contributed by atoms with Gasteiger partial charge in [-0.05, 0) is 47.5 Å². The van der Waals surface area contributed by atoms with Crippen LogP contribution in [0.15, 0.2) is 22.7 Å². The molecule has 0 heterocycles. The van der Waals surface area contributed by atoms with Crippen LogP contribution in [0.4, 0.5) is 0 Å². The number of ether oxygens (including phenoxy) is 2. The third-order valence-corrected chi connectivity index (χ3v) is 3.03. The predicted octanol–water partition coefficient (Wildman–Crippen LogP) is 2.04. The number of hydrogen-bond acceptors (Lipinski definition) is 4. The highest BCUT2D eigenvalue weighted by Crippen LogP contribution is 2.26. The smallest absolute Gasteiger partial charge is 0.269 e. The molecule has 0 unspecified atom stereocenters. The summed E-state index contributed by atoms with van der Waals surface area (Å²) in [6, 6.07) is 4.96. The molecule has 6 nitrogen and oxygen atoms in total. The Hall–Kier alpha value is -1.60. The van der Waals surface area contributed by atoms with E-state index in [1.807, 2.05) is 6.92 Å². The molecule has 2 amide bonds. The van der Waals surface area contributed by atoms with E-state index in [1.54, 1.807) is 25.1 Å². The lowest BCUT2D eigenvalue weighted by Gasteiger charge is -2.10. The Morgan fingerprint density at radius 2 is 2.00 bits per heavy atom. The molecule has 0 saturated heterocycles. The van der Waals surface area contributed by atoms with Gasteiger partial charge in [0.05, 0.1) is 11.1 Å². The van der Waals surface area contributed by atoms with Crippen LogP contribution in [0, 0.1) is 0 Å². The van der Waals surface area contributed by atoms with Gasteiger partial charge in [0, 0.05) is 12.2 Å². The van der Waals surface area contributed by atoms with E-state index in [2.05, 4.69) is 26.8 Å². The SMILES string of the molecule is CCCOc1ccc(C(=O)NNC(=O)COCC)cc1Br. The van der Waals surface area contributed by atoms with Crippen LogP contribution in [-0.2, 0) is 9.53 Å². The minimum atomic E-state index is -0.414. The molecule has 0 bridgehead atoms. The summed E-state index contributed by atoms with van der Waals surface area (Å²) in [5, 5.41) is 0. The van der Waals surface area contributed by atoms with Crippen molar-refractivity contribution in [2.45, 2.75) is 20.3 Å². The third kappa shape index (κ3) is 6.14. The number of nitrogens with one attached hydrogen (secondary N) is 2. The van der Waals surface area contributed by atoms with Crippen molar-refractivity contribution in [2.24, 2.45) is 0 Å². The molecule has 0 aliphatic heterocycles. The predicted molar refractivity (Wildman–Crippen MR) is 82.0 cm³/mol. The van der Waals surface area contributed by atoms with Crippen LogP contribution in [0.1, 0.15) is 30.6 Å². The van der Waals surface area contributed by atoms with Crippen molar-refractivity contribution in [1.82, 2.24) is 10.9 Å². The average molecular weight is 359 g/mol. The number of halogens is 1. The van der Waals surface area contributed by atoms with Crippen molar-refractivity contribution >= 4 is 27.7 Å². The van der Waals surface area contributed by atoms with E-state index in [0.29, 0.717) is 29.0 Å². The Labute approximate surface area is 132 Å². The molecule has 0 aromatic heterocycles.